The molecule has 0 radical (unpaired) electrons. The second-order valence-corrected chi connectivity index (χ2v) is 9.44. The van der Waals surface area contributed by atoms with Gasteiger partial charge in [0.2, 0.25) is 0 Å². The van der Waals surface area contributed by atoms with E-state index in [0.29, 0.717) is 39.0 Å². The summed E-state index contributed by atoms with van der Waals surface area (Å²) in [6, 6.07) is 7.77. The number of nitrogens with zero attached hydrogens (tertiary/aromatic N) is 1. The molecule has 0 amide bonds. The first-order chi connectivity index (χ1) is 15.9. The van der Waals surface area contributed by atoms with Crippen molar-refractivity contribution in [2.45, 2.75) is 43.4 Å². The zero-order chi connectivity index (χ0) is 23.4. The molecule has 3 fully saturated rings. The minimum Gasteiger partial charge on any atom is -0.468 e. The summed E-state index contributed by atoms with van der Waals surface area (Å²) >= 11 is 0. The largest absolute Gasteiger partial charge is 0.468 e. The van der Waals surface area contributed by atoms with Crippen LogP contribution in [-0.4, -0.2) is 74.7 Å². The van der Waals surface area contributed by atoms with Crippen LogP contribution in [-0.2, 0) is 40.4 Å². The molecule has 1 aromatic carbocycles. The molecule has 8 nitrogen and oxygen atoms in total. The van der Waals surface area contributed by atoms with E-state index in [9.17, 15) is 9.59 Å². The summed E-state index contributed by atoms with van der Waals surface area (Å²) in [6.07, 6.45) is 1.56. The number of aromatic nitrogens is 1. The SMILES string of the molecule is CCOC(=O)C1Cc2c([nH]c3ccccc23)[C@]2(C(=O)OC)C[C@H]3CN(C1)C2CC3(OC)OC. The molecule has 4 heterocycles. The smallest absolute Gasteiger partial charge is 0.319 e. The van der Waals surface area contributed by atoms with Gasteiger partial charge in [-0.05, 0) is 31.4 Å². The number of piperidine rings is 2. The van der Waals surface area contributed by atoms with Crippen molar-refractivity contribution >= 4 is 22.8 Å². The van der Waals surface area contributed by atoms with Gasteiger partial charge in [0.05, 0.1) is 19.6 Å². The van der Waals surface area contributed by atoms with Crippen LogP contribution in [0.3, 0.4) is 0 Å². The van der Waals surface area contributed by atoms with Crippen LogP contribution in [0.4, 0.5) is 0 Å². The third-order valence-electron chi connectivity index (χ3n) is 8.16. The number of hydrogen-bond acceptors (Lipinski definition) is 7. The summed E-state index contributed by atoms with van der Waals surface area (Å²) in [7, 11) is 4.78. The summed E-state index contributed by atoms with van der Waals surface area (Å²) in [5.41, 5.74) is 1.91. The molecule has 2 aromatic rings. The number of hydrogen-bond donors (Lipinski definition) is 1. The van der Waals surface area contributed by atoms with Gasteiger partial charge in [-0.2, -0.15) is 0 Å². The Morgan fingerprint density at radius 2 is 1.88 bits per heavy atom. The third-order valence-corrected chi connectivity index (χ3v) is 8.16. The molecule has 1 N–H and O–H groups in total. The van der Waals surface area contributed by atoms with Crippen LogP contribution in [0.2, 0.25) is 0 Å². The minimum atomic E-state index is -0.897. The van der Waals surface area contributed by atoms with Crippen molar-refractivity contribution in [3.05, 3.63) is 35.5 Å². The fourth-order valence-corrected chi connectivity index (χ4v) is 6.71. The first-order valence-electron chi connectivity index (χ1n) is 11.6. The molecule has 3 unspecified atom stereocenters. The van der Waals surface area contributed by atoms with E-state index in [2.05, 4.69) is 9.88 Å². The van der Waals surface area contributed by atoms with Crippen molar-refractivity contribution in [2.75, 3.05) is 41.0 Å². The van der Waals surface area contributed by atoms with Crippen molar-refractivity contribution in [1.82, 2.24) is 9.88 Å². The van der Waals surface area contributed by atoms with Crippen LogP contribution < -0.4 is 0 Å². The number of methoxy groups -OCH3 is 3. The van der Waals surface area contributed by atoms with Crippen molar-refractivity contribution < 1.29 is 28.5 Å². The molecule has 3 aliphatic heterocycles. The maximum atomic E-state index is 13.7. The van der Waals surface area contributed by atoms with E-state index in [1.807, 2.05) is 31.2 Å². The number of benzene rings is 1. The zero-order valence-corrected chi connectivity index (χ0v) is 19.7. The number of carbonyl (C=O) groups excluding carboxylic acids is 2. The average Bonchev–Trinajstić information content (AvgIpc) is 3.21. The van der Waals surface area contributed by atoms with E-state index >= 15 is 0 Å². The molecule has 6 rings (SSSR count). The quantitative estimate of drug-likeness (QED) is 0.546. The molecule has 1 aromatic heterocycles. The first-order valence-corrected chi connectivity index (χ1v) is 11.6. The minimum absolute atomic E-state index is 0.0724. The predicted octanol–water partition coefficient (Wildman–Crippen LogP) is 2.40. The maximum Gasteiger partial charge on any atom is 0.319 e. The van der Waals surface area contributed by atoms with E-state index in [1.165, 1.54) is 7.11 Å². The van der Waals surface area contributed by atoms with Gasteiger partial charge >= 0.3 is 11.9 Å². The molecule has 8 heteroatoms. The van der Waals surface area contributed by atoms with Crippen LogP contribution in [0.15, 0.2) is 24.3 Å². The molecule has 1 aliphatic carbocycles. The number of ether oxygens (including phenoxy) is 4. The topological polar surface area (TPSA) is 90.1 Å². The Labute approximate surface area is 193 Å². The highest BCUT2D eigenvalue weighted by molar-refractivity contribution is 5.92. The van der Waals surface area contributed by atoms with Gasteiger partial charge in [-0.3, -0.25) is 14.5 Å². The maximum absolute atomic E-state index is 13.7. The molecular formula is C25H32N2O6. The standard InChI is InChI=1S/C25H32N2O6/c1-5-33-22(28)15-10-18-17-8-6-7-9-19(17)26-21(18)24(23(29)30-2)11-16-14-27(13-15)20(24)12-25(16,31-3)32-4/h6-9,15-16,20,26H,5,10-14H2,1-4H3/t15?,16-,20?,24-/m0/s1. The Hall–Kier alpha value is -2.42. The lowest BCUT2D eigenvalue weighted by Crippen LogP contribution is -2.73. The van der Waals surface area contributed by atoms with E-state index < -0.39 is 11.2 Å². The number of nitrogens with one attached hydrogen (secondary N) is 1. The number of rotatable bonds is 5. The molecule has 2 saturated heterocycles. The molecule has 0 spiro atoms. The van der Waals surface area contributed by atoms with Gasteiger partial charge in [-0.15, -0.1) is 0 Å². The van der Waals surface area contributed by atoms with E-state index in [0.717, 1.165) is 22.2 Å². The molecule has 4 aliphatic rings. The lowest BCUT2D eigenvalue weighted by Gasteiger charge is -2.62. The first kappa shape index (κ1) is 22.4. The fraction of sp³-hybridized carbons (Fsp3) is 0.600. The fourth-order valence-electron chi connectivity index (χ4n) is 6.71. The lowest BCUT2D eigenvalue weighted by molar-refractivity contribution is -0.298. The Morgan fingerprint density at radius 3 is 2.55 bits per heavy atom. The molecule has 1 saturated carbocycles. The normalized spacial score (nSPS) is 32.0. The van der Waals surface area contributed by atoms with Crippen LogP contribution in [0.5, 0.6) is 0 Å². The van der Waals surface area contributed by atoms with Gasteiger partial charge in [0.25, 0.3) is 0 Å². The van der Waals surface area contributed by atoms with Crippen LogP contribution in [0.1, 0.15) is 31.0 Å². The predicted molar refractivity (Wildman–Crippen MR) is 121 cm³/mol. The van der Waals surface area contributed by atoms with Crippen LogP contribution >= 0.6 is 0 Å². The summed E-state index contributed by atoms with van der Waals surface area (Å²) in [5.74, 6) is -1.64. The second-order valence-electron chi connectivity index (χ2n) is 9.44. The Morgan fingerprint density at radius 1 is 1.12 bits per heavy atom. The highest BCUT2D eigenvalue weighted by atomic mass is 16.7. The number of H-pyrrole nitrogens is 1. The number of aromatic amines is 1. The summed E-state index contributed by atoms with van der Waals surface area (Å²) in [4.78, 5) is 32.5. The molecule has 5 atom stereocenters. The van der Waals surface area contributed by atoms with Crippen molar-refractivity contribution in [3.8, 4) is 0 Å². The van der Waals surface area contributed by atoms with Crippen molar-refractivity contribution in [2.24, 2.45) is 11.8 Å². The summed E-state index contributed by atoms with van der Waals surface area (Å²) < 4.78 is 22.7. The molecule has 33 heavy (non-hydrogen) atoms. The molecular weight excluding hydrogens is 424 g/mol. The van der Waals surface area contributed by atoms with E-state index in [-0.39, 0.29) is 29.8 Å². The monoisotopic (exact) mass is 456 g/mol. The van der Waals surface area contributed by atoms with E-state index in [1.54, 1.807) is 14.2 Å². The third kappa shape index (κ3) is 3.07. The Balaban J connectivity index is 1.75. The molecule has 178 valence electrons. The number of para-hydroxylation sites is 1. The summed E-state index contributed by atoms with van der Waals surface area (Å²) in [6.45, 7) is 3.36. The highest BCUT2D eigenvalue weighted by Crippen LogP contribution is 2.56. The number of esters is 2. The Kier molecular flexibility index (Phi) is 5.50. The highest BCUT2D eigenvalue weighted by Gasteiger charge is 2.67. The Bertz CT molecular complexity index is 1080. The second kappa shape index (κ2) is 8.11. The van der Waals surface area contributed by atoms with Crippen LogP contribution in [0, 0.1) is 11.8 Å². The van der Waals surface area contributed by atoms with Gasteiger partial charge in [-0.1, -0.05) is 18.2 Å². The number of fused-ring (bicyclic) bond motifs is 4. The van der Waals surface area contributed by atoms with Gasteiger partial charge in [0.15, 0.2) is 5.79 Å². The molecule has 4 bridgehead atoms. The summed E-state index contributed by atoms with van der Waals surface area (Å²) in [5, 5.41) is 1.03. The van der Waals surface area contributed by atoms with Crippen molar-refractivity contribution in [3.63, 3.8) is 0 Å². The van der Waals surface area contributed by atoms with E-state index in [4.69, 9.17) is 18.9 Å². The zero-order valence-electron chi connectivity index (χ0n) is 19.7. The van der Waals surface area contributed by atoms with Crippen LogP contribution in [0.25, 0.3) is 10.9 Å². The lowest BCUT2D eigenvalue weighted by atomic mass is 9.56. The van der Waals surface area contributed by atoms with Gasteiger partial charge in [0, 0.05) is 62.3 Å². The van der Waals surface area contributed by atoms with Gasteiger partial charge in [0.1, 0.15) is 5.41 Å². The van der Waals surface area contributed by atoms with Crippen molar-refractivity contribution in [1.29, 1.82) is 0 Å². The number of carbonyl (C=O) groups is 2. The average molecular weight is 457 g/mol. The van der Waals surface area contributed by atoms with Gasteiger partial charge in [-0.25, -0.2) is 0 Å². The van der Waals surface area contributed by atoms with Gasteiger partial charge < -0.3 is 23.9 Å².